The van der Waals surface area contributed by atoms with E-state index in [9.17, 15) is 5.11 Å². The second kappa shape index (κ2) is 5.65. The number of hydrogen-bond acceptors (Lipinski definition) is 3. The summed E-state index contributed by atoms with van der Waals surface area (Å²) in [6, 6.07) is 16.5. The van der Waals surface area contributed by atoms with Crippen LogP contribution in [0.1, 0.15) is 23.5 Å². The molecule has 2 aliphatic rings. The van der Waals surface area contributed by atoms with E-state index in [1.54, 1.807) is 6.07 Å². The Morgan fingerprint density at radius 2 is 1.91 bits per heavy atom. The van der Waals surface area contributed by atoms with Crippen molar-refractivity contribution in [1.29, 1.82) is 0 Å². The van der Waals surface area contributed by atoms with Gasteiger partial charge in [0.15, 0.2) is 0 Å². The van der Waals surface area contributed by atoms with Crippen molar-refractivity contribution in [3.05, 3.63) is 59.7 Å². The zero-order valence-electron chi connectivity index (χ0n) is 12.6. The Kier molecular flexibility index (Phi) is 3.51. The highest BCUT2D eigenvalue weighted by Crippen LogP contribution is 2.40. The second-order valence-corrected chi connectivity index (χ2v) is 6.29. The van der Waals surface area contributed by atoms with Crippen LogP contribution < -0.4 is 4.74 Å². The quantitative estimate of drug-likeness (QED) is 0.944. The summed E-state index contributed by atoms with van der Waals surface area (Å²) in [6.45, 7) is 3.07. The molecule has 0 bridgehead atoms. The summed E-state index contributed by atoms with van der Waals surface area (Å²) in [5, 5.41) is 9.90. The Morgan fingerprint density at radius 3 is 2.64 bits per heavy atom. The predicted molar refractivity (Wildman–Crippen MR) is 86.5 cm³/mol. The monoisotopic (exact) mass is 295 g/mol. The van der Waals surface area contributed by atoms with E-state index < -0.39 is 0 Å². The van der Waals surface area contributed by atoms with Gasteiger partial charge in [0.05, 0.1) is 6.04 Å². The molecule has 2 aliphatic heterocycles. The lowest BCUT2D eigenvalue weighted by Crippen LogP contribution is -2.52. The minimum atomic E-state index is 0.324. The SMILES string of the molecule is Oc1ccc2c(c1)[C@@H](Cc1ccccc1)[C@@H](N1CCC1)CO2. The Bertz CT molecular complexity index is 652. The average Bonchev–Trinajstić information content (AvgIpc) is 2.49. The van der Waals surface area contributed by atoms with Gasteiger partial charge in [-0.25, -0.2) is 0 Å². The van der Waals surface area contributed by atoms with Crippen molar-refractivity contribution in [3.8, 4) is 11.5 Å². The van der Waals surface area contributed by atoms with Gasteiger partial charge < -0.3 is 9.84 Å². The van der Waals surface area contributed by atoms with Crippen molar-refractivity contribution in [1.82, 2.24) is 4.90 Å². The topological polar surface area (TPSA) is 32.7 Å². The van der Waals surface area contributed by atoms with Gasteiger partial charge in [0.2, 0.25) is 0 Å². The van der Waals surface area contributed by atoms with E-state index in [1.165, 1.54) is 12.0 Å². The van der Waals surface area contributed by atoms with E-state index in [0.717, 1.165) is 37.4 Å². The molecule has 1 saturated heterocycles. The van der Waals surface area contributed by atoms with Gasteiger partial charge in [0, 0.05) is 11.5 Å². The highest BCUT2D eigenvalue weighted by molar-refractivity contribution is 5.45. The van der Waals surface area contributed by atoms with Gasteiger partial charge in [-0.3, -0.25) is 4.90 Å². The Hall–Kier alpha value is -2.00. The fraction of sp³-hybridized carbons (Fsp3) is 0.368. The Balaban J connectivity index is 1.70. The number of benzene rings is 2. The van der Waals surface area contributed by atoms with Crippen LogP contribution in [0.25, 0.3) is 0 Å². The molecule has 0 aliphatic carbocycles. The molecular formula is C19H21NO2. The van der Waals surface area contributed by atoms with Crippen molar-refractivity contribution in [2.75, 3.05) is 19.7 Å². The zero-order valence-corrected chi connectivity index (χ0v) is 12.6. The van der Waals surface area contributed by atoms with Crippen molar-refractivity contribution >= 4 is 0 Å². The van der Waals surface area contributed by atoms with Gasteiger partial charge in [-0.1, -0.05) is 30.3 Å². The van der Waals surface area contributed by atoms with Gasteiger partial charge in [-0.05, 0) is 49.7 Å². The molecule has 1 fully saturated rings. The molecule has 2 aromatic rings. The molecule has 0 radical (unpaired) electrons. The molecule has 22 heavy (non-hydrogen) atoms. The number of phenolic OH excluding ortho intramolecular Hbond substituents is 1. The molecule has 2 heterocycles. The first-order valence-electron chi connectivity index (χ1n) is 8.05. The average molecular weight is 295 g/mol. The molecule has 2 aromatic carbocycles. The summed E-state index contributed by atoms with van der Waals surface area (Å²) in [5.41, 5.74) is 2.49. The molecule has 1 N–H and O–H groups in total. The van der Waals surface area contributed by atoms with E-state index >= 15 is 0 Å². The number of aromatic hydroxyl groups is 1. The third-order valence-electron chi connectivity index (χ3n) is 4.93. The van der Waals surface area contributed by atoms with Crippen LogP contribution in [0.4, 0.5) is 0 Å². The van der Waals surface area contributed by atoms with E-state index in [2.05, 4.69) is 35.2 Å². The van der Waals surface area contributed by atoms with Crippen LogP contribution in [0.15, 0.2) is 48.5 Å². The lowest BCUT2D eigenvalue weighted by atomic mass is 9.82. The number of fused-ring (bicyclic) bond motifs is 1. The van der Waals surface area contributed by atoms with Crippen LogP contribution in [-0.2, 0) is 6.42 Å². The fourth-order valence-electron chi connectivity index (χ4n) is 3.60. The maximum Gasteiger partial charge on any atom is 0.123 e. The minimum absolute atomic E-state index is 0.324. The Labute approximate surface area is 131 Å². The summed E-state index contributed by atoms with van der Waals surface area (Å²) in [6.07, 6.45) is 2.27. The van der Waals surface area contributed by atoms with Crippen LogP contribution in [-0.4, -0.2) is 35.7 Å². The fourth-order valence-corrected chi connectivity index (χ4v) is 3.60. The summed E-state index contributed by atoms with van der Waals surface area (Å²) in [4.78, 5) is 2.51. The van der Waals surface area contributed by atoms with Crippen molar-refractivity contribution in [3.63, 3.8) is 0 Å². The molecule has 0 spiro atoms. The third-order valence-corrected chi connectivity index (χ3v) is 4.93. The van der Waals surface area contributed by atoms with Crippen LogP contribution in [0.2, 0.25) is 0 Å². The third kappa shape index (κ3) is 2.46. The maximum absolute atomic E-state index is 9.90. The molecule has 3 nitrogen and oxygen atoms in total. The normalized spacial score (nSPS) is 24.2. The van der Waals surface area contributed by atoms with Crippen molar-refractivity contribution in [2.24, 2.45) is 0 Å². The summed E-state index contributed by atoms with van der Waals surface area (Å²) < 4.78 is 5.96. The lowest BCUT2D eigenvalue weighted by Gasteiger charge is -2.45. The van der Waals surface area contributed by atoms with Crippen molar-refractivity contribution in [2.45, 2.75) is 24.8 Å². The van der Waals surface area contributed by atoms with Gasteiger partial charge >= 0.3 is 0 Å². The molecule has 114 valence electrons. The number of likely N-dealkylation sites (tertiary alicyclic amines) is 1. The molecule has 2 atom stereocenters. The highest BCUT2D eigenvalue weighted by atomic mass is 16.5. The van der Waals surface area contributed by atoms with E-state index in [-0.39, 0.29) is 0 Å². The zero-order chi connectivity index (χ0) is 14.9. The van der Waals surface area contributed by atoms with Gasteiger partial charge in [0.25, 0.3) is 0 Å². The van der Waals surface area contributed by atoms with Gasteiger partial charge in [-0.15, -0.1) is 0 Å². The van der Waals surface area contributed by atoms with Crippen molar-refractivity contribution < 1.29 is 9.84 Å². The summed E-state index contributed by atoms with van der Waals surface area (Å²) in [7, 11) is 0. The standard InChI is InChI=1S/C19H21NO2/c21-15-7-8-19-17(12-15)16(11-14-5-2-1-3-6-14)18(13-22-19)20-9-4-10-20/h1-3,5-8,12,16,18,21H,4,9-11,13H2/t16-,18+/m1/s1. The van der Waals surface area contributed by atoms with E-state index in [0.29, 0.717) is 17.7 Å². The van der Waals surface area contributed by atoms with E-state index in [4.69, 9.17) is 4.74 Å². The number of rotatable bonds is 3. The molecule has 0 unspecified atom stereocenters. The first-order chi connectivity index (χ1) is 10.8. The Morgan fingerprint density at radius 1 is 1.09 bits per heavy atom. The molecule has 4 rings (SSSR count). The second-order valence-electron chi connectivity index (χ2n) is 6.29. The summed E-state index contributed by atoms with van der Waals surface area (Å²) >= 11 is 0. The smallest absolute Gasteiger partial charge is 0.123 e. The van der Waals surface area contributed by atoms with E-state index in [1.807, 2.05) is 12.1 Å². The maximum atomic E-state index is 9.90. The number of phenols is 1. The highest BCUT2D eigenvalue weighted by Gasteiger charge is 2.37. The van der Waals surface area contributed by atoms with Gasteiger partial charge in [0.1, 0.15) is 18.1 Å². The molecule has 3 heteroatoms. The van der Waals surface area contributed by atoms with Crippen LogP contribution in [0.5, 0.6) is 11.5 Å². The van der Waals surface area contributed by atoms with Crippen LogP contribution >= 0.6 is 0 Å². The molecule has 0 amide bonds. The first kappa shape index (κ1) is 13.6. The largest absolute Gasteiger partial charge is 0.508 e. The lowest BCUT2D eigenvalue weighted by molar-refractivity contribution is 0.0501. The molecule has 0 saturated carbocycles. The molecular weight excluding hydrogens is 274 g/mol. The number of nitrogens with zero attached hydrogens (tertiary/aromatic N) is 1. The first-order valence-corrected chi connectivity index (χ1v) is 8.05. The van der Waals surface area contributed by atoms with Crippen LogP contribution in [0.3, 0.4) is 0 Å². The number of hydrogen-bond donors (Lipinski definition) is 1. The van der Waals surface area contributed by atoms with Gasteiger partial charge in [-0.2, -0.15) is 0 Å². The van der Waals surface area contributed by atoms with Crippen LogP contribution in [0, 0.1) is 0 Å². The number of ether oxygens (including phenoxy) is 1. The molecule has 0 aromatic heterocycles. The minimum Gasteiger partial charge on any atom is -0.508 e. The summed E-state index contributed by atoms with van der Waals surface area (Å²) in [5.74, 6) is 1.62. The predicted octanol–water partition coefficient (Wildman–Crippen LogP) is 3.19.